The van der Waals surface area contributed by atoms with Crippen molar-refractivity contribution in [3.05, 3.63) is 41.2 Å². The summed E-state index contributed by atoms with van der Waals surface area (Å²) in [5.41, 5.74) is 2.00. The average molecular weight is 273 g/mol. The van der Waals surface area contributed by atoms with E-state index in [2.05, 4.69) is 38.7 Å². The molecule has 0 aliphatic carbocycles. The molecule has 2 heterocycles. The average Bonchev–Trinajstić information content (AvgIpc) is 3.07. The van der Waals surface area contributed by atoms with E-state index in [-0.39, 0.29) is 6.04 Å². The molecule has 2 N–H and O–H groups in total. The molecule has 6 heteroatoms. The van der Waals surface area contributed by atoms with E-state index in [1.54, 1.807) is 17.5 Å². The molecule has 0 radical (unpaired) electrons. The van der Waals surface area contributed by atoms with E-state index in [4.69, 9.17) is 0 Å². The van der Waals surface area contributed by atoms with Crippen molar-refractivity contribution in [3.63, 3.8) is 0 Å². The highest BCUT2D eigenvalue weighted by atomic mass is 32.1. The third kappa shape index (κ3) is 2.64. The number of hydrogen-bond acceptors (Lipinski definition) is 5. The predicted molar refractivity (Wildman–Crippen MR) is 76.1 cm³/mol. The smallest absolute Gasteiger partial charge is 0.0998 e. The highest BCUT2D eigenvalue weighted by Crippen LogP contribution is 2.25. The summed E-state index contributed by atoms with van der Waals surface area (Å²) in [4.78, 5) is 4.66. The molecule has 19 heavy (non-hydrogen) atoms. The van der Waals surface area contributed by atoms with Gasteiger partial charge in [-0.2, -0.15) is 15.4 Å². The second kappa shape index (κ2) is 5.46. The minimum Gasteiger partial charge on any atom is -0.308 e. The molecular weight excluding hydrogens is 258 g/mol. The quantitative estimate of drug-likeness (QED) is 0.748. The Balaban J connectivity index is 1.85. The van der Waals surface area contributed by atoms with Crippen LogP contribution in [0.2, 0.25) is 0 Å². The highest BCUT2D eigenvalue weighted by molar-refractivity contribution is 7.18. The normalized spacial score (nSPS) is 12.9. The second-order valence-electron chi connectivity index (χ2n) is 4.28. The van der Waals surface area contributed by atoms with E-state index < -0.39 is 0 Å². The molecule has 0 bridgehead atoms. The van der Waals surface area contributed by atoms with Gasteiger partial charge in [0, 0.05) is 6.42 Å². The monoisotopic (exact) mass is 273 g/mol. The van der Waals surface area contributed by atoms with Crippen LogP contribution in [-0.2, 0) is 6.42 Å². The number of para-hydroxylation sites is 1. The summed E-state index contributed by atoms with van der Waals surface area (Å²) in [6, 6.07) is 8.38. The van der Waals surface area contributed by atoms with Crippen molar-refractivity contribution in [2.75, 3.05) is 6.54 Å². The summed E-state index contributed by atoms with van der Waals surface area (Å²) in [6.07, 6.45) is 2.60. The van der Waals surface area contributed by atoms with Crippen molar-refractivity contribution in [1.29, 1.82) is 0 Å². The van der Waals surface area contributed by atoms with E-state index in [0.717, 1.165) is 29.2 Å². The number of H-pyrrole nitrogens is 1. The van der Waals surface area contributed by atoms with Crippen LogP contribution in [0.5, 0.6) is 0 Å². The van der Waals surface area contributed by atoms with E-state index in [0.29, 0.717) is 0 Å². The second-order valence-corrected chi connectivity index (χ2v) is 5.40. The lowest BCUT2D eigenvalue weighted by atomic mass is 10.1. The number of nitrogens with one attached hydrogen (secondary N) is 2. The maximum Gasteiger partial charge on any atom is 0.0998 e. The Morgan fingerprint density at radius 2 is 2.26 bits per heavy atom. The summed E-state index contributed by atoms with van der Waals surface area (Å²) >= 11 is 1.74. The van der Waals surface area contributed by atoms with Crippen LogP contribution in [0, 0.1) is 0 Å². The number of aromatic amines is 1. The molecule has 3 rings (SSSR count). The van der Waals surface area contributed by atoms with Crippen LogP contribution < -0.4 is 5.32 Å². The first-order chi connectivity index (χ1) is 9.36. The van der Waals surface area contributed by atoms with Crippen LogP contribution in [0.3, 0.4) is 0 Å². The Kier molecular flexibility index (Phi) is 3.52. The summed E-state index contributed by atoms with van der Waals surface area (Å²) < 4.78 is 1.23. The summed E-state index contributed by atoms with van der Waals surface area (Å²) in [6.45, 7) is 2.98. The summed E-state index contributed by atoms with van der Waals surface area (Å²) in [5.74, 6) is 0. The molecule has 1 atom stereocenters. The molecule has 3 aromatic rings. The number of likely N-dealkylation sites (N-methyl/N-ethyl adjacent to an activating group) is 1. The van der Waals surface area contributed by atoms with Crippen molar-refractivity contribution in [2.24, 2.45) is 0 Å². The Morgan fingerprint density at radius 3 is 3.00 bits per heavy atom. The van der Waals surface area contributed by atoms with Crippen LogP contribution in [0.15, 0.2) is 30.5 Å². The molecular formula is C13H15N5S. The molecule has 1 aromatic carbocycles. The number of hydrogen-bond donors (Lipinski definition) is 2. The summed E-state index contributed by atoms with van der Waals surface area (Å²) in [7, 11) is 0. The van der Waals surface area contributed by atoms with Crippen molar-refractivity contribution in [1.82, 2.24) is 25.7 Å². The van der Waals surface area contributed by atoms with Crippen LogP contribution in [-0.4, -0.2) is 26.9 Å². The number of thiazole rings is 1. The van der Waals surface area contributed by atoms with Crippen LogP contribution in [0.25, 0.3) is 10.2 Å². The molecule has 0 saturated heterocycles. The lowest BCUT2D eigenvalue weighted by molar-refractivity contribution is 0.535. The van der Waals surface area contributed by atoms with Gasteiger partial charge in [0.2, 0.25) is 0 Å². The molecule has 0 amide bonds. The molecule has 0 saturated carbocycles. The van der Waals surface area contributed by atoms with Gasteiger partial charge in [0.25, 0.3) is 0 Å². The maximum atomic E-state index is 4.66. The predicted octanol–water partition coefficient (Wildman–Crippen LogP) is 2.31. The zero-order valence-electron chi connectivity index (χ0n) is 10.6. The number of rotatable bonds is 5. The largest absolute Gasteiger partial charge is 0.308 e. The zero-order chi connectivity index (χ0) is 13.1. The first-order valence-corrected chi connectivity index (χ1v) is 7.12. The number of fused-ring (bicyclic) bond motifs is 1. The fraction of sp³-hybridized carbons (Fsp3) is 0.308. The van der Waals surface area contributed by atoms with E-state index in [1.165, 1.54) is 4.70 Å². The number of aromatic nitrogens is 4. The standard InChI is InChI=1S/C13H15N5S/c1-2-14-10(11-8-15-18-17-11)7-13-16-9-5-3-4-6-12(9)19-13/h3-6,8,10,14H,2,7H2,1H3,(H,15,17,18). The molecule has 1 unspecified atom stereocenters. The van der Waals surface area contributed by atoms with Gasteiger partial charge in [-0.1, -0.05) is 19.1 Å². The minimum absolute atomic E-state index is 0.157. The molecule has 98 valence electrons. The molecule has 5 nitrogen and oxygen atoms in total. The van der Waals surface area contributed by atoms with Gasteiger partial charge in [0.1, 0.15) is 0 Å². The van der Waals surface area contributed by atoms with E-state index in [9.17, 15) is 0 Å². The Bertz CT molecular complexity index is 613. The minimum atomic E-state index is 0.157. The first-order valence-electron chi connectivity index (χ1n) is 6.30. The van der Waals surface area contributed by atoms with E-state index in [1.807, 2.05) is 18.2 Å². The fourth-order valence-corrected chi connectivity index (χ4v) is 3.10. The van der Waals surface area contributed by atoms with Crippen molar-refractivity contribution >= 4 is 21.6 Å². The SMILES string of the molecule is CCNC(Cc1nc2ccccc2s1)c1cn[nH]n1. The highest BCUT2D eigenvalue weighted by Gasteiger charge is 2.16. The molecule has 0 aliphatic rings. The van der Waals surface area contributed by atoms with Crippen LogP contribution >= 0.6 is 11.3 Å². The number of benzene rings is 1. The molecule has 2 aromatic heterocycles. The number of nitrogens with zero attached hydrogens (tertiary/aromatic N) is 3. The summed E-state index contributed by atoms with van der Waals surface area (Å²) in [5, 5.41) is 15.2. The van der Waals surface area contributed by atoms with Gasteiger partial charge in [-0.15, -0.1) is 11.3 Å². The van der Waals surface area contributed by atoms with Gasteiger partial charge in [0.05, 0.1) is 33.2 Å². The van der Waals surface area contributed by atoms with Gasteiger partial charge in [-0.05, 0) is 18.7 Å². The lowest BCUT2D eigenvalue weighted by Gasteiger charge is -2.13. The maximum absolute atomic E-state index is 4.66. The van der Waals surface area contributed by atoms with E-state index >= 15 is 0 Å². The Labute approximate surface area is 115 Å². The van der Waals surface area contributed by atoms with Gasteiger partial charge < -0.3 is 5.32 Å². The third-order valence-electron chi connectivity index (χ3n) is 2.96. The van der Waals surface area contributed by atoms with Crippen molar-refractivity contribution in [3.8, 4) is 0 Å². The Morgan fingerprint density at radius 1 is 1.37 bits per heavy atom. The van der Waals surface area contributed by atoms with Crippen molar-refractivity contribution < 1.29 is 0 Å². The van der Waals surface area contributed by atoms with Crippen LogP contribution in [0.1, 0.15) is 23.7 Å². The van der Waals surface area contributed by atoms with Gasteiger partial charge >= 0.3 is 0 Å². The topological polar surface area (TPSA) is 66.5 Å². The van der Waals surface area contributed by atoms with Gasteiger partial charge in [-0.3, -0.25) is 0 Å². The Hall–Kier alpha value is -1.79. The fourth-order valence-electron chi connectivity index (χ4n) is 2.09. The lowest BCUT2D eigenvalue weighted by Crippen LogP contribution is -2.23. The molecule has 0 spiro atoms. The van der Waals surface area contributed by atoms with Gasteiger partial charge in [-0.25, -0.2) is 4.98 Å². The first kappa shape index (κ1) is 12.3. The molecule has 0 aliphatic heterocycles. The van der Waals surface area contributed by atoms with Crippen molar-refractivity contribution in [2.45, 2.75) is 19.4 Å². The zero-order valence-corrected chi connectivity index (χ0v) is 11.4. The molecule has 0 fully saturated rings. The van der Waals surface area contributed by atoms with Crippen LogP contribution in [0.4, 0.5) is 0 Å². The van der Waals surface area contributed by atoms with Gasteiger partial charge in [0.15, 0.2) is 0 Å². The third-order valence-corrected chi connectivity index (χ3v) is 4.02.